The predicted octanol–water partition coefficient (Wildman–Crippen LogP) is 2.49. The molecule has 1 amide bonds. The monoisotopic (exact) mass is 379 g/mol. The summed E-state index contributed by atoms with van der Waals surface area (Å²) in [6, 6.07) is 8.53. The van der Waals surface area contributed by atoms with Gasteiger partial charge in [0.2, 0.25) is 0 Å². The van der Waals surface area contributed by atoms with Crippen molar-refractivity contribution in [1.29, 1.82) is 0 Å². The van der Waals surface area contributed by atoms with Crippen molar-refractivity contribution in [3.05, 3.63) is 57.1 Å². The van der Waals surface area contributed by atoms with E-state index in [4.69, 9.17) is 21.1 Å². The summed E-state index contributed by atoms with van der Waals surface area (Å²) in [5.41, 5.74) is 2.16. The minimum absolute atomic E-state index is 0.0335. The molecule has 0 atom stereocenters. The SMILES string of the molecule is COc1cc(Cl)cc(C=NNC(=O)COc2ccccc2[N+](=O)[O-])c1O. The normalized spacial score (nSPS) is 10.5. The van der Waals surface area contributed by atoms with Crippen molar-refractivity contribution in [2.75, 3.05) is 13.7 Å². The van der Waals surface area contributed by atoms with Crippen LogP contribution >= 0.6 is 11.6 Å². The van der Waals surface area contributed by atoms with Crippen molar-refractivity contribution < 1.29 is 24.3 Å². The van der Waals surface area contributed by atoms with E-state index < -0.39 is 17.4 Å². The van der Waals surface area contributed by atoms with Crippen molar-refractivity contribution in [3.63, 3.8) is 0 Å². The Hall–Kier alpha value is -3.33. The second kappa shape index (κ2) is 8.67. The van der Waals surface area contributed by atoms with Crippen LogP contribution in [0.3, 0.4) is 0 Å². The van der Waals surface area contributed by atoms with Gasteiger partial charge in [-0.25, -0.2) is 5.43 Å². The van der Waals surface area contributed by atoms with Gasteiger partial charge in [0.1, 0.15) is 0 Å². The Morgan fingerprint density at radius 1 is 1.38 bits per heavy atom. The highest BCUT2D eigenvalue weighted by atomic mass is 35.5. The summed E-state index contributed by atoms with van der Waals surface area (Å²) in [6.07, 6.45) is 1.17. The van der Waals surface area contributed by atoms with Crippen LogP contribution in [0.25, 0.3) is 0 Å². The zero-order valence-electron chi connectivity index (χ0n) is 13.5. The third-order valence-electron chi connectivity index (χ3n) is 3.10. The van der Waals surface area contributed by atoms with Gasteiger partial charge in [0, 0.05) is 22.7 Å². The summed E-state index contributed by atoms with van der Waals surface area (Å²) < 4.78 is 10.1. The maximum atomic E-state index is 11.7. The molecule has 0 saturated heterocycles. The number of para-hydroxylation sites is 2. The number of nitrogens with zero attached hydrogens (tertiary/aromatic N) is 2. The number of carbonyl (C=O) groups excluding carboxylic acids is 1. The maximum Gasteiger partial charge on any atom is 0.310 e. The minimum Gasteiger partial charge on any atom is -0.504 e. The zero-order valence-corrected chi connectivity index (χ0v) is 14.3. The first-order valence-corrected chi connectivity index (χ1v) is 7.54. The molecule has 0 aliphatic heterocycles. The van der Waals surface area contributed by atoms with Crippen molar-refractivity contribution in [2.45, 2.75) is 0 Å². The molecule has 26 heavy (non-hydrogen) atoms. The van der Waals surface area contributed by atoms with Gasteiger partial charge in [0.15, 0.2) is 23.9 Å². The molecule has 0 unspecified atom stereocenters. The summed E-state index contributed by atoms with van der Waals surface area (Å²) >= 11 is 5.88. The first-order valence-electron chi connectivity index (χ1n) is 7.17. The van der Waals surface area contributed by atoms with Gasteiger partial charge >= 0.3 is 5.69 Å². The number of hydrazone groups is 1. The lowest BCUT2D eigenvalue weighted by Crippen LogP contribution is -2.24. The highest BCUT2D eigenvalue weighted by molar-refractivity contribution is 6.31. The largest absolute Gasteiger partial charge is 0.504 e. The average Bonchev–Trinajstić information content (AvgIpc) is 2.62. The van der Waals surface area contributed by atoms with E-state index >= 15 is 0 Å². The van der Waals surface area contributed by atoms with Gasteiger partial charge in [0.05, 0.1) is 18.2 Å². The Kier molecular flexibility index (Phi) is 6.34. The second-order valence-corrected chi connectivity index (χ2v) is 5.29. The van der Waals surface area contributed by atoms with Gasteiger partial charge in [-0.1, -0.05) is 23.7 Å². The minimum atomic E-state index is -0.645. The van der Waals surface area contributed by atoms with Gasteiger partial charge in [-0.05, 0) is 12.1 Å². The summed E-state index contributed by atoms with van der Waals surface area (Å²) in [5.74, 6) is -0.710. The third-order valence-corrected chi connectivity index (χ3v) is 3.32. The fraction of sp³-hybridized carbons (Fsp3) is 0.125. The van der Waals surface area contributed by atoms with Crippen molar-refractivity contribution >= 4 is 29.4 Å². The summed E-state index contributed by atoms with van der Waals surface area (Å²) in [6.45, 7) is -0.479. The summed E-state index contributed by atoms with van der Waals surface area (Å²) in [4.78, 5) is 22.0. The number of rotatable bonds is 7. The first-order chi connectivity index (χ1) is 12.4. The Morgan fingerprint density at radius 3 is 2.81 bits per heavy atom. The van der Waals surface area contributed by atoms with Crippen LogP contribution in [0.5, 0.6) is 17.2 Å². The number of amides is 1. The Balaban J connectivity index is 1.97. The van der Waals surface area contributed by atoms with Crippen molar-refractivity contribution in [1.82, 2.24) is 5.43 Å². The number of hydrogen-bond donors (Lipinski definition) is 2. The Bertz CT molecular complexity index is 856. The van der Waals surface area contributed by atoms with Crippen LogP contribution in [0.15, 0.2) is 41.5 Å². The molecule has 0 aliphatic carbocycles. The number of aromatic hydroxyl groups is 1. The molecule has 2 rings (SSSR count). The van der Waals surface area contributed by atoms with Crippen LogP contribution in [-0.4, -0.2) is 35.9 Å². The number of ether oxygens (including phenoxy) is 2. The number of hydrogen-bond acceptors (Lipinski definition) is 7. The highest BCUT2D eigenvalue weighted by Crippen LogP contribution is 2.32. The predicted molar refractivity (Wildman–Crippen MR) is 94.0 cm³/mol. The van der Waals surface area contributed by atoms with Crippen LogP contribution in [0.1, 0.15) is 5.56 Å². The van der Waals surface area contributed by atoms with E-state index in [9.17, 15) is 20.0 Å². The van der Waals surface area contributed by atoms with Crippen molar-refractivity contribution in [2.24, 2.45) is 5.10 Å². The fourth-order valence-electron chi connectivity index (χ4n) is 1.93. The lowest BCUT2D eigenvalue weighted by Gasteiger charge is -2.07. The van der Waals surface area contributed by atoms with Crippen LogP contribution in [-0.2, 0) is 4.79 Å². The molecular formula is C16H14ClN3O6. The summed E-state index contributed by atoms with van der Waals surface area (Å²) in [5, 5.41) is 24.8. The highest BCUT2D eigenvalue weighted by Gasteiger charge is 2.14. The van der Waals surface area contributed by atoms with Crippen LogP contribution in [0.2, 0.25) is 5.02 Å². The average molecular weight is 380 g/mol. The number of nitro benzene ring substituents is 1. The molecule has 2 aromatic rings. The molecule has 0 bridgehead atoms. The number of benzene rings is 2. The van der Waals surface area contributed by atoms with E-state index in [0.29, 0.717) is 5.02 Å². The van der Waals surface area contributed by atoms with Crippen LogP contribution in [0.4, 0.5) is 5.69 Å². The molecule has 0 saturated carbocycles. The standard InChI is InChI=1S/C16H14ClN3O6/c1-25-14-7-11(17)6-10(16(14)22)8-18-19-15(21)9-26-13-5-3-2-4-12(13)20(23)24/h2-8,22H,9H2,1H3,(H,19,21). The number of methoxy groups -OCH3 is 1. The molecule has 0 aromatic heterocycles. The molecule has 2 N–H and O–H groups in total. The van der Waals surface area contributed by atoms with Gasteiger partial charge in [-0.2, -0.15) is 5.10 Å². The van der Waals surface area contributed by atoms with Gasteiger partial charge in [-0.15, -0.1) is 0 Å². The quantitative estimate of drug-likeness (QED) is 0.432. The number of nitrogens with one attached hydrogen (secondary N) is 1. The smallest absolute Gasteiger partial charge is 0.310 e. The maximum absolute atomic E-state index is 11.7. The summed E-state index contributed by atoms with van der Waals surface area (Å²) in [7, 11) is 1.37. The molecule has 9 nitrogen and oxygen atoms in total. The van der Waals surface area contributed by atoms with Crippen molar-refractivity contribution in [3.8, 4) is 17.2 Å². The third kappa shape index (κ3) is 4.84. The lowest BCUT2D eigenvalue weighted by molar-refractivity contribution is -0.385. The zero-order chi connectivity index (χ0) is 19.1. The molecule has 10 heteroatoms. The number of nitro groups is 1. The number of phenolic OH excluding ortho intramolecular Hbond substituents is 1. The number of carbonyl (C=O) groups is 1. The van der Waals surface area contributed by atoms with E-state index in [1.165, 1.54) is 43.7 Å². The van der Waals surface area contributed by atoms with E-state index in [1.54, 1.807) is 6.07 Å². The van der Waals surface area contributed by atoms with Gasteiger partial charge in [-0.3, -0.25) is 14.9 Å². The molecule has 0 fully saturated rings. The molecular weight excluding hydrogens is 366 g/mol. The molecule has 0 aliphatic rings. The van der Waals surface area contributed by atoms with Crippen LogP contribution in [0, 0.1) is 10.1 Å². The lowest BCUT2D eigenvalue weighted by atomic mass is 10.2. The van der Waals surface area contributed by atoms with Gasteiger partial charge < -0.3 is 14.6 Å². The molecule has 0 heterocycles. The number of phenols is 1. The van der Waals surface area contributed by atoms with E-state index in [-0.39, 0.29) is 28.5 Å². The fourth-order valence-corrected chi connectivity index (χ4v) is 2.14. The number of halogens is 1. The Morgan fingerprint density at radius 2 is 2.12 bits per heavy atom. The topological polar surface area (TPSA) is 123 Å². The van der Waals surface area contributed by atoms with E-state index in [2.05, 4.69) is 10.5 Å². The molecule has 136 valence electrons. The van der Waals surface area contributed by atoms with E-state index in [0.717, 1.165) is 0 Å². The first kappa shape index (κ1) is 19.0. The second-order valence-electron chi connectivity index (χ2n) is 4.85. The van der Waals surface area contributed by atoms with E-state index in [1.807, 2.05) is 0 Å². The van der Waals surface area contributed by atoms with Gasteiger partial charge in [0.25, 0.3) is 5.91 Å². The molecule has 2 aromatic carbocycles. The Labute approximate surface area is 153 Å². The molecule has 0 spiro atoms. The van der Waals surface area contributed by atoms with Crippen LogP contribution < -0.4 is 14.9 Å². The molecule has 0 radical (unpaired) electrons.